The fraction of sp³-hybridized carbons (Fsp3) is 0.474. The van der Waals surface area contributed by atoms with Gasteiger partial charge in [-0.25, -0.2) is 19.5 Å². The third-order valence-electron chi connectivity index (χ3n) is 5.60. The summed E-state index contributed by atoms with van der Waals surface area (Å²) in [5.41, 5.74) is 4.19. The van der Waals surface area contributed by atoms with E-state index in [2.05, 4.69) is 26.0 Å². The summed E-state index contributed by atoms with van der Waals surface area (Å²) in [6.07, 6.45) is 6.43. The molecule has 2 aliphatic rings. The van der Waals surface area contributed by atoms with Crippen LogP contribution in [0.15, 0.2) is 30.7 Å². The Balaban J connectivity index is 1.36. The van der Waals surface area contributed by atoms with E-state index >= 15 is 0 Å². The van der Waals surface area contributed by atoms with Gasteiger partial charge in [-0.2, -0.15) is 5.10 Å². The highest BCUT2D eigenvalue weighted by Crippen LogP contribution is 2.40. The molecule has 7 nitrogen and oxygen atoms in total. The summed E-state index contributed by atoms with van der Waals surface area (Å²) >= 11 is 0. The van der Waals surface area contributed by atoms with Crippen molar-refractivity contribution in [1.82, 2.24) is 29.5 Å². The van der Waals surface area contributed by atoms with Crippen LogP contribution in [-0.4, -0.2) is 49.2 Å². The molecule has 0 N–H and O–H groups in total. The van der Waals surface area contributed by atoms with E-state index < -0.39 is 0 Å². The standard InChI is InChI=1S/C19H22N6O/c1-14-20-11-15-5-10-26-19(18(15)23-14)6-8-24(9-7-19)12-16-3-2-4-17-21-13-22-25(16)17/h2-4,11,13H,5-10,12H2,1H3. The summed E-state index contributed by atoms with van der Waals surface area (Å²) in [6.45, 7) is 5.54. The largest absolute Gasteiger partial charge is 0.368 e. The smallest absolute Gasteiger partial charge is 0.155 e. The number of piperidine rings is 1. The molecule has 1 saturated heterocycles. The molecule has 5 rings (SSSR count). The lowest BCUT2D eigenvalue weighted by molar-refractivity contribution is -0.102. The van der Waals surface area contributed by atoms with Crippen LogP contribution in [-0.2, 0) is 23.3 Å². The zero-order valence-electron chi connectivity index (χ0n) is 14.9. The quantitative estimate of drug-likeness (QED) is 0.703. The monoisotopic (exact) mass is 350 g/mol. The molecular formula is C19H22N6O. The highest BCUT2D eigenvalue weighted by atomic mass is 16.5. The van der Waals surface area contributed by atoms with Gasteiger partial charge in [0.15, 0.2) is 5.65 Å². The van der Waals surface area contributed by atoms with Crippen LogP contribution in [0.2, 0.25) is 0 Å². The van der Waals surface area contributed by atoms with E-state index in [4.69, 9.17) is 9.72 Å². The molecule has 0 aromatic carbocycles. The normalized spacial score (nSPS) is 19.7. The Morgan fingerprint density at radius 1 is 1.19 bits per heavy atom. The predicted octanol–water partition coefficient (Wildman–Crippen LogP) is 1.89. The Hall–Kier alpha value is -2.38. The number of fused-ring (bicyclic) bond motifs is 3. The number of rotatable bonds is 2. The average Bonchev–Trinajstić information content (AvgIpc) is 3.14. The first kappa shape index (κ1) is 15.8. The van der Waals surface area contributed by atoms with E-state index in [1.54, 1.807) is 6.33 Å². The van der Waals surface area contributed by atoms with Crippen molar-refractivity contribution in [3.05, 3.63) is 53.5 Å². The number of hydrogen-bond acceptors (Lipinski definition) is 6. The van der Waals surface area contributed by atoms with Gasteiger partial charge < -0.3 is 4.74 Å². The molecule has 134 valence electrons. The van der Waals surface area contributed by atoms with Gasteiger partial charge in [0, 0.05) is 25.8 Å². The topological polar surface area (TPSA) is 68.4 Å². The van der Waals surface area contributed by atoms with E-state index in [1.165, 1.54) is 11.3 Å². The maximum atomic E-state index is 6.30. The summed E-state index contributed by atoms with van der Waals surface area (Å²) in [5, 5.41) is 4.34. The number of likely N-dealkylation sites (tertiary alicyclic amines) is 1. The third kappa shape index (κ3) is 2.59. The van der Waals surface area contributed by atoms with Crippen molar-refractivity contribution in [3.8, 4) is 0 Å². The van der Waals surface area contributed by atoms with Crippen molar-refractivity contribution in [1.29, 1.82) is 0 Å². The van der Waals surface area contributed by atoms with E-state index in [0.29, 0.717) is 0 Å². The fourth-order valence-corrected chi connectivity index (χ4v) is 4.20. The predicted molar refractivity (Wildman–Crippen MR) is 95.6 cm³/mol. The van der Waals surface area contributed by atoms with Gasteiger partial charge in [-0.3, -0.25) is 4.90 Å². The maximum Gasteiger partial charge on any atom is 0.155 e. The summed E-state index contributed by atoms with van der Waals surface area (Å²) in [4.78, 5) is 15.9. The first-order chi connectivity index (χ1) is 12.7. The molecule has 1 spiro atoms. The number of nitrogens with zero attached hydrogens (tertiary/aromatic N) is 6. The Bertz CT molecular complexity index is 944. The van der Waals surface area contributed by atoms with Crippen LogP contribution in [0.3, 0.4) is 0 Å². The second-order valence-electron chi connectivity index (χ2n) is 7.21. The number of pyridine rings is 1. The summed E-state index contributed by atoms with van der Waals surface area (Å²) in [6, 6.07) is 6.15. The molecule has 0 atom stereocenters. The number of hydrogen-bond donors (Lipinski definition) is 0. The van der Waals surface area contributed by atoms with Gasteiger partial charge in [-0.15, -0.1) is 0 Å². The van der Waals surface area contributed by atoms with Crippen LogP contribution in [0, 0.1) is 6.92 Å². The summed E-state index contributed by atoms with van der Waals surface area (Å²) in [7, 11) is 0. The fourth-order valence-electron chi connectivity index (χ4n) is 4.20. The Kier molecular flexibility index (Phi) is 3.72. The highest BCUT2D eigenvalue weighted by Gasteiger charge is 2.42. The van der Waals surface area contributed by atoms with Gasteiger partial charge >= 0.3 is 0 Å². The maximum absolute atomic E-state index is 6.30. The first-order valence-corrected chi connectivity index (χ1v) is 9.20. The molecule has 3 aromatic rings. The van der Waals surface area contributed by atoms with Crippen LogP contribution >= 0.6 is 0 Å². The van der Waals surface area contributed by atoms with Gasteiger partial charge in [0.2, 0.25) is 0 Å². The minimum Gasteiger partial charge on any atom is -0.368 e. The highest BCUT2D eigenvalue weighted by molar-refractivity contribution is 5.37. The molecule has 7 heteroatoms. The van der Waals surface area contributed by atoms with Crippen molar-refractivity contribution < 1.29 is 4.74 Å². The van der Waals surface area contributed by atoms with Crippen LogP contribution in [0.4, 0.5) is 0 Å². The van der Waals surface area contributed by atoms with Crippen molar-refractivity contribution in [2.24, 2.45) is 0 Å². The Labute approximate surface area is 152 Å². The lowest BCUT2D eigenvalue weighted by Crippen LogP contribution is -2.47. The van der Waals surface area contributed by atoms with Gasteiger partial charge in [-0.1, -0.05) is 6.07 Å². The van der Waals surface area contributed by atoms with Crippen molar-refractivity contribution in [3.63, 3.8) is 0 Å². The SMILES string of the molecule is Cc1ncc2c(n1)C1(CCN(Cc3cccc4ncnn34)CC1)OCC2. The molecule has 2 aliphatic heterocycles. The van der Waals surface area contributed by atoms with Crippen LogP contribution in [0.1, 0.15) is 35.6 Å². The number of ether oxygens (including phenoxy) is 1. The molecule has 26 heavy (non-hydrogen) atoms. The molecule has 0 aliphatic carbocycles. The number of aryl methyl sites for hydroxylation is 1. The minimum absolute atomic E-state index is 0.239. The lowest BCUT2D eigenvalue weighted by Gasteiger charge is -2.44. The second kappa shape index (κ2) is 6.10. The van der Waals surface area contributed by atoms with Gasteiger partial charge in [0.25, 0.3) is 0 Å². The van der Waals surface area contributed by atoms with Crippen LogP contribution < -0.4 is 0 Å². The van der Waals surface area contributed by atoms with Gasteiger partial charge in [0.05, 0.1) is 18.0 Å². The Morgan fingerprint density at radius 2 is 2.08 bits per heavy atom. The molecule has 0 radical (unpaired) electrons. The van der Waals surface area contributed by atoms with Crippen molar-refractivity contribution in [2.45, 2.75) is 38.3 Å². The van der Waals surface area contributed by atoms with Crippen molar-refractivity contribution >= 4 is 5.65 Å². The van der Waals surface area contributed by atoms with Crippen LogP contribution in [0.25, 0.3) is 5.65 Å². The summed E-state index contributed by atoms with van der Waals surface area (Å²) in [5.74, 6) is 0.828. The third-order valence-corrected chi connectivity index (χ3v) is 5.60. The Morgan fingerprint density at radius 3 is 2.96 bits per heavy atom. The van der Waals surface area contributed by atoms with Gasteiger partial charge in [-0.05, 0) is 43.9 Å². The lowest BCUT2D eigenvalue weighted by atomic mass is 9.83. The first-order valence-electron chi connectivity index (χ1n) is 9.20. The summed E-state index contributed by atoms with van der Waals surface area (Å²) < 4.78 is 8.22. The zero-order valence-corrected chi connectivity index (χ0v) is 14.9. The van der Waals surface area contributed by atoms with E-state index in [1.807, 2.05) is 29.8 Å². The molecule has 3 aromatic heterocycles. The van der Waals surface area contributed by atoms with Gasteiger partial charge in [0.1, 0.15) is 17.8 Å². The average molecular weight is 350 g/mol. The molecular weight excluding hydrogens is 328 g/mol. The molecule has 5 heterocycles. The van der Waals surface area contributed by atoms with Crippen molar-refractivity contribution in [2.75, 3.05) is 19.7 Å². The molecule has 1 fully saturated rings. The molecule has 0 saturated carbocycles. The minimum atomic E-state index is -0.239. The van der Waals surface area contributed by atoms with E-state index in [9.17, 15) is 0 Å². The van der Waals surface area contributed by atoms with E-state index in [0.717, 1.165) is 62.7 Å². The van der Waals surface area contributed by atoms with E-state index in [-0.39, 0.29) is 5.60 Å². The number of aromatic nitrogens is 5. The molecule has 0 bridgehead atoms. The molecule has 0 amide bonds. The zero-order chi connectivity index (χ0) is 17.6. The van der Waals surface area contributed by atoms with Crippen LogP contribution in [0.5, 0.6) is 0 Å². The second-order valence-corrected chi connectivity index (χ2v) is 7.21. The molecule has 0 unspecified atom stereocenters.